The predicted molar refractivity (Wildman–Crippen MR) is 70.4 cm³/mol. The van der Waals surface area contributed by atoms with E-state index in [1.807, 2.05) is 0 Å². The van der Waals surface area contributed by atoms with E-state index in [0.717, 1.165) is 30.8 Å². The molecule has 1 atom stereocenters. The Morgan fingerprint density at radius 3 is 3.06 bits per heavy atom. The molecule has 1 saturated carbocycles. The minimum atomic E-state index is 0.0476. The van der Waals surface area contributed by atoms with Crippen LogP contribution in [-0.4, -0.2) is 27.5 Å². The molecule has 1 aromatic heterocycles. The normalized spacial score (nSPS) is 27.1. The molecule has 18 heavy (non-hydrogen) atoms. The summed E-state index contributed by atoms with van der Waals surface area (Å²) in [5.74, 6) is 0. The number of hydrogen-bond donors (Lipinski definition) is 1. The highest BCUT2D eigenvalue weighted by molar-refractivity contribution is 5.19. The molecule has 1 N–H and O–H groups in total. The van der Waals surface area contributed by atoms with Crippen LogP contribution >= 0.6 is 0 Å². The van der Waals surface area contributed by atoms with Crippen molar-refractivity contribution < 1.29 is 0 Å². The van der Waals surface area contributed by atoms with Crippen molar-refractivity contribution >= 4 is 0 Å². The minimum absolute atomic E-state index is 0.0476. The number of rotatable bonds is 1. The fraction of sp³-hybridized carbons (Fsp3) is 0.714. The molecule has 4 nitrogen and oxygen atoms in total. The Hall–Kier alpha value is -1.16. The molecule has 0 saturated heterocycles. The summed E-state index contributed by atoms with van der Waals surface area (Å²) >= 11 is 0. The van der Waals surface area contributed by atoms with E-state index in [4.69, 9.17) is 0 Å². The van der Waals surface area contributed by atoms with E-state index < -0.39 is 0 Å². The maximum absolute atomic E-state index is 11.7. The second-order valence-electron chi connectivity index (χ2n) is 6.44. The summed E-state index contributed by atoms with van der Waals surface area (Å²) in [6.07, 6.45) is 6.24. The lowest BCUT2D eigenvalue weighted by Gasteiger charge is -2.33. The maximum atomic E-state index is 11.7. The van der Waals surface area contributed by atoms with Gasteiger partial charge in [0.05, 0.1) is 12.0 Å². The van der Waals surface area contributed by atoms with E-state index in [2.05, 4.69) is 28.7 Å². The molecular weight excluding hydrogens is 226 g/mol. The molecule has 0 aromatic carbocycles. The molecule has 0 amide bonds. The smallest absolute Gasteiger partial charge is 0.254 e. The van der Waals surface area contributed by atoms with Gasteiger partial charge in [-0.15, -0.1) is 0 Å². The van der Waals surface area contributed by atoms with Crippen LogP contribution in [-0.2, 0) is 13.0 Å². The summed E-state index contributed by atoms with van der Waals surface area (Å²) in [6.45, 7) is 6.56. The monoisotopic (exact) mass is 247 g/mol. The minimum Gasteiger partial charge on any atom is -0.313 e. The zero-order valence-electron chi connectivity index (χ0n) is 11.2. The van der Waals surface area contributed by atoms with Gasteiger partial charge in [0.2, 0.25) is 0 Å². The van der Waals surface area contributed by atoms with Gasteiger partial charge in [-0.2, -0.15) is 0 Å². The molecule has 1 aliphatic heterocycles. The van der Waals surface area contributed by atoms with Crippen molar-refractivity contribution in [1.82, 2.24) is 14.9 Å². The molecule has 0 radical (unpaired) electrons. The number of nitrogens with one attached hydrogen (secondary N) is 1. The molecule has 1 aromatic rings. The summed E-state index contributed by atoms with van der Waals surface area (Å²) in [5.41, 5.74) is 2.40. The second-order valence-corrected chi connectivity index (χ2v) is 6.44. The van der Waals surface area contributed by atoms with Gasteiger partial charge in [0.1, 0.15) is 0 Å². The summed E-state index contributed by atoms with van der Waals surface area (Å²) in [4.78, 5) is 21.2. The van der Waals surface area contributed by atoms with Crippen LogP contribution in [0.15, 0.2) is 11.1 Å². The Morgan fingerprint density at radius 1 is 1.50 bits per heavy atom. The molecule has 1 fully saturated rings. The topological polar surface area (TPSA) is 49.0 Å². The van der Waals surface area contributed by atoms with E-state index in [1.54, 1.807) is 0 Å². The highest BCUT2D eigenvalue weighted by Gasteiger charge is 2.35. The first-order valence-electron chi connectivity index (χ1n) is 6.85. The Labute approximate surface area is 107 Å². The molecule has 98 valence electrons. The molecule has 2 heterocycles. The average Bonchev–Trinajstić information content (AvgIpc) is 2.70. The number of nitrogens with zero attached hydrogens (tertiary/aromatic N) is 2. The van der Waals surface area contributed by atoms with Crippen LogP contribution in [0, 0.1) is 5.41 Å². The van der Waals surface area contributed by atoms with Crippen LogP contribution in [0.2, 0.25) is 0 Å². The van der Waals surface area contributed by atoms with Gasteiger partial charge in [-0.1, -0.05) is 13.8 Å². The number of hydrogen-bond acceptors (Lipinski definition) is 3. The van der Waals surface area contributed by atoms with Crippen molar-refractivity contribution in [2.75, 3.05) is 6.54 Å². The summed E-state index contributed by atoms with van der Waals surface area (Å²) < 4.78 is 0. The molecule has 0 bridgehead atoms. The lowest BCUT2D eigenvalue weighted by atomic mass is 9.91. The number of H-pyrrole nitrogens is 1. The SMILES string of the molecule is CC1(C)CCC(N2CCc3c(nc[nH]c3=O)C2)C1. The van der Waals surface area contributed by atoms with Crippen LogP contribution < -0.4 is 5.56 Å². The van der Waals surface area contributed by atoms with Gasteiger partial charge in [0.15, 0.2) is 0 Å². The van der Waals surface area contributed by atoms with E-state index in [1.165, 1.54) is 25.6 Å². The first kappa shape index (κ1) is 11.9. The molecular formula is C14H21N3O. The summed E-state index contributed by atoms with van der Waals surface area (Å²) in [6, 6.07) is 0.675. The van der Waals surface area contributed by atoms with Crippen LogP contribution in [0.3, 0.4) is 0 Å². The third kappa shape index (κ3) is 2.09. The number of aromatic amines is 1. The van der Waals surface area contributed by atoms with Crippen molar-refractivity contribution in [2.24, 2.45) is 5.41 Å². The van der Waals surface area contributed by atoms with Gasteiger partial charge in [0.25, 0.3) is 5.56 Å². The Balaban J connectivity index is 1.78. The lowest BCUT2D eigenvalue weighted by molar-refractivity contribution is 0.166. The molecule has 3 rings (SSSR count). The fourth-order valence-corrected chi connectivity index (χ4v) is 3.41. The standard InChI is InChI=1S/C14H21N3O/c1-14(2)5-3-10(7-14)17-6-4-11-12(8-17)15-9-16-13(11)18/h9-10H,3-8H2,1-2H3,(H,15,16,18). The highest BCUT2D eigenvalue weighted by Crippen LogP contribution is 2.40. The molecule has 1 aliphatic carbocycles. The largest absolute Gasteiger partial charge is 0.313 e. The molecule has 4 heteroatoms. The molecule has 1 unspecified atom stereocenters. The fourth-order valence-electron chi connectivity index (χ4n) is 3.41. The van der Waals surface area contributed by atoms with Crippen LogP contribution in [0.1, 0.15) is 44.4 Å². The van der Waals surface area contributed by atoms with Gasteiger partial charge < -0.3 is 4.98 Å². The van der Waals surface area contributed by atoms with Gasteiger partial charge in [-0.05, 0) is 31.1 Å². The first-order valence-corrected chi connectivity index (χ1v) is 6.85. The van der Waals surface area contributed by atoms with Crippen LogP contribution in [0.5, 0.6) is 0 Å². The summed E-state index contributed by atoms with van der Waals surface area (Å²) in [7, 11) is 0. The van der Waals surface area contributed by atoms with Gasteiger partial charge in [0, 0.05) is 24.7 Å². The third-order valence-corrected chi connectivity index (χ3v) is 4.50. The van der Waals surface area contributed by atoms with E-state index >= 15 is 0 Å². The van der Waals surface area contributed by atoms with Crippen molar-refractivity contribution in [3.05, 3.63) is 27.9 Å². The zero-order chi connectivity index (χ0) is 12.8. The van der Waals surface area contributed by atoms with E-state index in [9.17, 15) is 4.79 Å². The maximum Gasteiger partial charge on any atom is 0.254 e. The Bertz CT molecular complexity index is 506. The second kappa shape index (κ2) is 4.19. The van der Waals surface area contributed by atoms with Gasteiger partial charge >= 0.3 is 0 Å². The Morgan fingerprint density at radius 2 is 2.33 bits per heavy atom. The van der Waals surface area contributed by atoms with Crippen LogP contribution in [0.25, 0.3) is 0 Å². The first-order chi connectivity index (χ1) is 8.55. The number of aromatic nitrogens is 2. The Kier molecular flexibility index (Phi) is 2.77. The van der Waals surface area contributed by atoms with Gasteiger partial charge in [-0.25, -0.2) is 4.98 Å². The van der Waals surface area contributed by atoms with Crippen LogP contribution in [0.4, 0.5) is 0 Å². The predicted octanol–water partition coefficient (Wildman–Crippen LogP) is 1.71. The van der Waals surface area contributed by atoms with Crippen molar-refractivity contribution in [2.45, 2.75) is 52.1 Å². The summed E-state index contributed by atoms with van der Waals surface area (Å²) in [5, 5.41) is 0. The molecule has 2 aliphatic rings. The zero-order valence-corrected chi connectivity index (χ0v) is 11.2. The lowest BCUT2D eigenvalue weighted by Crippen LogP contribution is -2.40. The number of fused-ring (bicyclic) bond motifs is 1. The molecule has 0 spiro atoms. The van der Waals surface area contributed by atoms with E-state index in [-0.39, 0.29) is 5.56 Å². The highest BCUT2D eigenvalue weighted by atomic mass is 16.1. The van der Waals surface area contributed by atoms with Gasteiger partial charge in [-0.3, -0.25) is 9.69 Å². The van der Waals surface area contributed by atoms with E-state index in [0.29, 0.717) is 11.5 Å². The average molecular weight is 247 g/mol. The van der Waals surface area contributed by atoms with Crippen molar-refractivity contribution in [3.63, 3.8) is 0 Å². The quantitative estimate of drug-likeness (QED) is 0.822. The third-order valence-electron chi connectivity index (χ3n) is 4.50. The van der Waals surface area contributed by atoms with Crippen molar-refractivity contribution in [3.8, 4) is 0 Å². The van der Waals surface area contributed by atoms with Crippen molar-refractivity contribution in [1.29, 1.82) is 0 Å².